The topological polar surface area (TPSA) is 33.6 Å². The number of nitrogens with zero attached hydrogens (tertiary/aromatic N) is 1. The molecule has 3 nitrogen and oxygen atoms in total. The number of hydrogen-bond donors (Lipinski definition) is 1. The molecule has 2 aromatic carbocycles. The molecule has 1 heterocycles. The zero-order valence-electron chi connectivity index (χ0n) is 12.7. The molecule has 0 fully saturated rings. The van der Waals surface area contributed by atoms with Crippen LogP contribution in [0.1, 0.15) is 24.5 Å². The monoisotopic (exact) mass is 280 g/mol. The standard InChI is InChI=1S/C18H20N2O/c1-18(13-7-5-4-6-8-13)12-17(19-2)15-10-9-14(21-3)11-16(15)20-18/h4-11,20H,12H2,1-3H3/t18-/m1/s1. The fourth-order valence-electron chi connectivity index (χ4n) is 2.96. The molecular formula is C18H20N2O. The van der Waals surface area contributed by atoms with Gasteiger partial charge in [-0.15, -0.1) is 0 Å². The molecule has 1 aliphatic heterocycles. The van der Waals surface area contributed by atoms with E-state index >= 15 is 0 Å². The molecule has 0 bridgehead atoms. The Labute approximate surface area is 125 Å². The van der Waals surface area contributed by atoms with Crippen LogP contribution in [-0.4, -0.2) is 19.9 Å². The second kappa shape index (κ2) is 5.24. The number of benzene rings is 2. The Hall–Kier alpha value is -2.29. The summed E-state index contributed by atoms with van der Waals surface area (Å²) < 4.78 is 5.34. The van der Waals surface area contributed by atoms with Crippen molar-refractivity contribution < 1.29 is 4.74 Å². The van der Waals surface area contributed by atoms with Crippen LogP contribution < -0.4 is 10.1 Å². The molecule has 3 rings (SSSR count). The summed E-state index contributed by atoms with van der Waals surface area (Å²) in [6, 6.07) is 16.6. The molecule has 2 aromatic rings. The zero-order chi connectivity index (χ0) is 14.9. The van der Waals surface area contributed by atoms with Crippen LogP contribution in [0.25, 0.3) is 0 Å². The first-order valence-electron chi connectivity index (χ1n) is 7.14. The predicted octanol–water partition coefficient (Wildman–Crippen LogP) is 3.85. The van der Waals surface area contributed by atoms with Crippen LogP contribution in [0.3, 0.4) is 0 Å². The van der Waals surface area contributed by atoms with Crippen molar-refractivity contribution in [1.82, 2.24) is 0 Å². The smallest absolute Gasteiger partial charge is 0.120 e. The highest BCUT2D eigenvalue weighted by Crippen LogP contribution is 2.39. The molecule has 1 atom stereocenters. The van der Waals surface area contributed by atoms with Crippen LogP contribution in [0.5, 0.6) is 5.75 Å². The molecule has 0 saturated heterocycles. The fourth-order valence-corrected chi connectivity index (χ4v) is 2.96. The summed E-state index contributed by atoms with van der Waals surface area (Å²) >= 11 is 0. The third kappa shape index (κ3) is 2.40. The first-order chi connectivity index (χ1) is 10.2. The Morgan fingerprint density at radius 2 is 1.90 bits per heavy atom. The van der Waals surface area contributed by atoms with Crippen molar-refractivity contribution in [2.45, 2.75) is 18.9 Å². The van der Waals surface area contributed by atoms with E-state index in [9.17, 15) is 0 Å². The quantitative estimate of drug-likeness (QED) is 0.906. The van der Waals surface area contributed by atoms with E-state index in [0.717, 1.165) is 29.1 Å². The number of aliphatic imine (C=N–C) groups is 1. The number of rotatable bonds is 2. The molecule has 0 amide bonds. The molecular weight excluding hydrogens is 260 g/mol. The maximum absolute atomic E-state index is 5.34. The maximum atomic E-state index is 5.34. The first-order valence-corrected chi connectivity index (χ1v) is 7.14. The van der Waals surface area contributed by atoms with Crippen LogP contribution in [0.2, 0.25) is 0 Å². The normalized spacial score (nSPS) is 22.5. The van der Waals surface area contributed by atoms with Crippen LogP contribution in [0.15, 0.2) is 53.5 Å². The number of hydrogen-bond acceptors (Lipinski definition) is 3. The minimum atomic E-state index is -0.157. The Bertz CT molecular complexity index is 679. The van der Waals surface area contributed by atoms with Gasteiger partial charge in [0, 0.05) is 36.5 Å². The minimum Gasteiger partial charge on any atom is -0.497 e. The van der Waals surface area contributed by atoms with Gasteiger partial charge in [-0.3, -0.25) is 4.99 Å². The van der Waals surface area contributed by atoms with E-state index in [0.29, 0.717) is 0 Å². The Balaban J connectivity index is 2.09. The van der Waals surface area contributed by atoms with Gasteiger partial charge in [0.1, 0.15) is 5.75 Å². The predicted molar refractivity (Wildman–Crippen MR) is 87.5 cm³/mol. The van der Waals surface area contributed by atoms with Gasteiger partial charge in [0.15, 0.2) is 0 Å². The molecule has 0 aromatic heterocycles. The molecule has 3 heteroatoms. The summed E-state index contributed by atoms with van der Waals surface area (Å²) in [6.07, 6.45) is 0.868. The maximum Gasteiger partial charge on any atom is 0.120 e. The van der Waals surface area contributed by atoms with E-state index < -0.39 is 0 Å². The Morgan fingerprint density at radius 3 is 2.57 bits per heavy atom. The number of methoxy groups -OCH3 is 1. The average molecular weight is 280 g/mol. The van der Waals surface area contributed by atoms with Crippen molar-refractivity contribution in [3.8, 4) is 5.75 Å². The molecule has 108 valence electrons. The van der Waals surface area contributed by atoms with Crippen LogP contribution in [0.4, 0.5) is 5.69 Å². The highest BCUT2D eigenvalue weighted by Gasteiger charge is 2.34. The third-order valence-corrected chi connectivity index (χ3v) is 4.15. The van der Waals surface area contributed by atoms with Gasteiger partial charge in [-0.1, -0.05) is 30.3 Å². The zero-order valence-corrected chi connectivity index (χ0v) is 12.7. The Morgan fingerprint density at radius 1 is 1.14 bits per heavy atom. The molecule has 0 unspecified atom stereocenters. The third-order valence-electron chi connectivity index (χ3n) is 4.15. The molecule has 21 heavy (non-hydrogen) atoms. The van der Waals surface area contributed by atoms with Gasteiger partial charge in [-0.2, -0.15) is 0 Å². The highest BCUT2D eigenvalue weighted by molar-refractivity contribution is 6.07. The number of anilines is 1. The lowest BCUT2D eigenvalue weighted by molar-refractivity contribution is 0.414. The van der Waals surface area contributed by atoms with E-state index in [-0.39, 0.29) is 5.54 Å². The summed E-state index contributed by atoms with van der Waals surface area (Å²) in [5.41, 5.74) is 4.46. The van der Waals surface area contributed by atoms with Crippen molar-refractivity contribution in [3.63, 3.8) is 0 Å². The van der Waals surface area contributed by atoms with Gasteiger partial charge in [-0.25, -0.2) is 0 Å². The Kier molecular flexibility index (Phi) is 3.42. The molecule has 0 radical (unpaired) electrons. The van der Waals surface area contributed by atoms with Gasteiger partial charge >= 0.3 is 0 Å². The molecule has 0 spiro atoms. The van der Waals surface area contributed by atoms with Gasteiger partial charge in [-0.05, 0) is 24.6 Å². The average Bonchev–Trinajstić information content (AvgIpc) is 2.54. The molecule has 0 saturated carbocycles. The summed E-state index contributed by atoms with van der Waals surface area (Å²) in [7, 11) is 3.55. The molecule has 0 aliphatic carbocycles. The van der Waals surface area contributed by atoms with Crippen molar-refractivity contribution in [1.29, 1.82) is 0 Å². The summed E-state index contributed by atoms with van der Waals surface area (Å²) in [4.78, 5) is 4.50. The van der Waals surface area contributed by atoms with Crippen LogP contribution in [0, 0.1) is 0 Å². The number of fused-ring (bicyclic) bond motifs is 1. The van der Waals surface area contributed by atoms with Crippen molar-refractivity contribution in [3.05, 3.63) is 59.7 Å². The van der Waals surface area contributed by atoms with Crippen molar-refractivity contribution in [2.24, 2.45) is 4.99 Å². The lowest BCUT2D eigenvalue weighted by atomic mass is 9.81. The number of nitrogens with one attached hydrogen (secondary N) is 1. The van der Waals surface area contributed by atoms with E-state index in [1.807, 2.05) is 25.2 Å². The lowest BCUT2D eigenvalue weighted by Gasteiger charge is -2.38. The SMILES string of the molecule is CN=C1C[C@](C)(c2ccccc2)Nc2cc(OC)ccc21. The van der Waals surface area contributed by atoms with Crippen molar-refractivity contribution in [2.75, 3.05) is 19.5 Å². The van der Waals surface area contributed by atoms with Crippen molar-refractivity contribution >= 4 is 11.4 Å². The van der Waals surface area contributed by atoms with E-state index in [1.54, 1.807) is 7.11 Å². The summed E-state index contributed by atoms with van der Waals surface area (Å²) in [5, 5.41) is 3.67. The summed E-state index contributed by atoms with van der Waals surface area (Å²) in [5.74, 6) is 0.856. The second-order valence-corrected chi connectivity index (χ2v) is 5.58. The van der Waals surface area contributed by atoms with Gasteiger partial charge in [0.05, 0.1) is 12.6 Å². The van der Waals surface area contributed by atoms with E-state index in [1.165, 1.54) is 5.56 Å². The van der Waals surface area contributed by atoms with Crippen LogP contribution >= 0.6 is 0 Å². The van der Waals surface area contributed by atoms with Gasteiger partial charge in [0.2, 0.25) is 0 Å². The number of ether oxygens (including phenoxy) is 1. The fraction of sp³-hybridized carbons (Fsp3) is 0.278. The lowest BCUT2D eigenvalue weighted by Crippen LogP contribution is -2.39. The first kappa shape index (κ1) is 13.7. The second-order valence-electron chi connectivity index (χ2n) is 5.58. The van der Waals surface area contributed by atoms with Crippen LogP contribution in [-0.2, 0) is 5.54 Å². The van der Waals surface area contributed by atoms with Gasteiger partial charge in [0.25, 0.3) is 0 Å². The van der Waals surface area contributed by atoms with Gasteiger partial charge < -0.3 is 10.1 Å². The molecule has 1 aliphatic rings. The highest BCUT2D eigenvalue weighted by atomic mass is 16.5. The largest absolute Gasteiger partial charge is 0.497 e. The summed E-state index contributed by atoms with van der Waals surface area (Å²) in [6.45, 7) is 2.22. The molecule has 1 N–H and O–H groups in total. The van der Waals surface area contributed by atoms with E-state index in [2.05, 4.69) is 47.6 Å². The van der Waals surface area contributed by atoms with E-state index in [4.69, 9.17) is 4.74 Å². The minimum absolute atomic E-state index is 0.157.